The second kappa shape index (κ2) is 5.26. The molecule has 0 saturated heterocycles. The normalized spacial score (nSPS) is 20.5. The van der Waals surface area contributed by atoms with Crippen LogP contribution in [0.3, 0.4) is 0 Å². The molecule has 1 amide bonds. The van der Waals surface area contributed by atoms with E-state index >= 15 is 0 Å². The van der Waals surface area contributed by atoms with Crippen LogP contribution >= 0.6 is 11.8 Å². The molecule has 4 heteroatoms. The number of carbonyl (C=O) groups is 1. The second-order valence-electron chi connectivity index (χ2n) is 5.59. The molecule has 1 aromatic rings. The van der Waals surface area contributed by atoms with Crippen molar-refractivity contribution < 1.29 is 4.79 Å². The lowest BCUT2D eigenvalue weighted by atomic mass is 9.80. The fourth-order valence-electron chi connectivity index (χ4n) is 3.01. The fraction of sp³-hybridized carbons (Fsp3) is 0.467. The van der Waals surface area contributed by atoms with Crippen molar-refractivity contribution in [3.8, 4) is 5.40 Å². The van der Waals surface area contributed by atoms with Crippen molar-refractivity contribution in [3.63, 3.8) is 0 Å². The van der Waals surface area contributed by atoms with Crippen molar-refractivity contribution in [2.45, 2.75) is 38.6 Å². The molecule has 2 rings (SSSR count). The van der Waals surface area contributed by atoms with Gasteiger partial charge in [-0.3, -0.25) is 4.79 Å². The van der Waals surface area contributed by atoms with E-state index in [1.54, 1.807) is 0 Å². The number of thiocyanates is 1. The first-order chi connectivity index (χ1) is 8.97. The molecular formula is C15H18N2OS. The summed E-state index contributed by atoms with van der Waals surface area (Å²) in [5.41, 5.74) is 2.01. The molecule has 0 radical (unpaired) electrons. The Morgan fingerprint density at radius 3 is 2.89 bits per heavy atom. The molecule has 0 bridgehead atoms. The molecule has 100 valence electrons. The number of fused-ring (bicyclic) bond motifs is 1. The molecule has 0 aromatic heterocycles. The van der Waals surface area contributed by atoms with Gasteiger partial charge in [0.2, 0.25) is 5.91 Å². The van der Waals surface area contributed by atoms with E-state index < -0.39 is 0 Å². The minimum absolute atomic E-state index is 0.0101. The molecule has 0 aliphatic carbocycles. The summed E-state index contributed by atoms with van der Waals surface area (Å²) in [4.78, 5) is 14.3. The number of para-hydroxylation sites is 1. The Kier molecular flexibility index (Phi) is 3.86. The first-order valence-corrected chi connectivity index (χ1v) is 7.39. The van der Waals surface area contributed by atoms with Gasteiger partial charge in [0.05, 0.1) is 5.75 Å². The van der Waals surface area contributed by atoms with Gasteiger partial charge in [0.25, 0.3) is 0 Å². The third-order valence-electron chi connectivity index (χ3n) is 3.63. The lowest BCUT2D eigenvalue weighted by molar-refractivity contribution is -0.117. The lowest BCUT2D eigenvalue weighted by Crippen LogP contribution is -2.52. The van der Waals surface area contributed by atoms with Crippen molar-refractivity contribution in [2.75, 3.05) is 10.7 Å². The highest BCUT2D eigenvalue weighted by Crippen LogP contribution is 2.43. The van der Waals surface area contributed by atoms with Crippen molar-refractivity contribution in [3.05, 3.63) is 29.8 Å². The third kappa shape index (κ3) is 2.62. The van der Waals surface area contributed by atoms with E-state index in [9.17, 15) is 4.79 Å². The summed E-state index contributed by atoms with van der Waals surface area (Å²) < 4.78 is 0. The number of nitrogens with zero attached hydrogens (tertiary/aromatic N) is 2. The maximum absolute atomic E-state index is 12.4. The van der Waals surface area contributed by atoms with E-state index in [0.717, 1.165) is 23.9 Å². The van der Waals surface area contributed by atoms with Gasteiger partial charge in [0, 0.05) is 11.2 Å². The minimum Gasteiger partial charge on any atom is -0.306 e. The summed E-state index contributed by atoms with van der Waals surface area (Å²) >= 11 is 1.00. The first-order valence-electron chi connectivity index (χ1n) is 6.40. The maximum Gasteiger partial charge on any atom is 0.238 e. The van der Waals surface area contributed by atoms with Crippen LogP contribution in [0.1, 0.15) is 38.7 Å². The fourth-order valence-corrected chi connectivity index (χ4v) is 3.33. The molecule has 0 spiro atoms. The second-order valence-corrected chi connectivity index (χ2v) is 6.35. The van der Waals surface area contributed by atoms with Crippen LogP contribution in [0.25, 0.3) is 0 Å². The molecule has 1 heterocycles. The molecule has 0 fully saturated rings. The van der Waals surface area contributed by atoms with Crippen LogP contribution in [0.2, 0.25) is 0 Å². The third-order valence-corrected chi connectivity index (χ3v) is 4.15. The summed E-state index contributed by atoms with van der Waals surface area (Å²) in [5.74, 6) is 0.664. The highest BCUT2D eigenvalue weighted by Gasteiger charge is 2.39. The molecule has 1 aromatic carbocycles. The number of carbonyl (C=O) groups excluding carboxylic acids is 1. The van der Waals surface area contributed by atoms with E-state index in [0.29, 0.717) is 5.92 Å². The Morgan fingerprint density at radius 1 is 1.53 bits per heavy atom. The van der Waals surface area contributed by atoms with E-state index in [-0.39, 0.29) is 17.2 Å². The Labute approximate surface area is 118 Å². The van der Waals surface area contributed by atoms with Gasteiger partial charge in [-0.2, -0.15) is 5.26 Å². The summed E-state index contributed by atoms with van der Waals surface area (Å²) in [5, 5.41) is 10.6. The first kappa shape index (κ1) is 14.0. The highest BCUT2D eigenvalue weighted by atomic mass is 32.2. The molecule has 19 heavy (non-hydrogen) atoms. The van der Waals surface area contributed by atoms with E-state index in [2.05, 4.69) is 26.8 Å². The summed E-state index contributed by atoms with van der Waals surface area (Å²) in [7, 11) is 0. The van der Waals surface area contributed by atoms with E-state index in [4.69, 9.17) is 5.26 Å². The van der Waals surface area contributed by atoms with Gasteiger partial charge in [0.1, 0.15) is 5.40 Å². The van der Waals surface area contributed by atoms with Gasteiger partial charge in [-0.05, 0) is 49.6 Å². The zero-order valence-electron chi connectivity index (χ0n) is 11.5. The zero-order valence-corrected chi connectivity index (χ0v) is 12.3. The van der Waals surface area contributed by atoms with Gasteiger partial charge in [-0.25, -0.2) is 0 Å². The lowest BCUT2D eigenvalue weighted by Gasteiger charge is -2.45. The smallest absolute Gasteiger partial charge is 0.238 e. The van der Waals surface area contributed by atoms with Gasteiger partial charge < -0.3 is 4.90 Å². The average Bonchev–Trinajstić information content (AvgIpc) is 2.35. The van der Waals surface area contributed by atoms with Crippen LogP contribution in [0.4, 0.5) is 5.69 Å². The van der Waals surface area contributed by atoms with Gasteiger partial charge in [-0.15, -0.1) is 0 Å². The van der Waals surface area contributed by atoms with E-state index in [1.165, 1.54) is 5.56 Å². The number of hydrogen-bond donors (Lipinski definition) is 0. The van der Waals surface area contributed by atoms with Crippen LogP contribution in [0, 0.1) is 10.7 Å². The van der Waals surface area contributed by atoms with Crippen molar-refractivity contribution in [2.24, 2.45) is 0 Å². The number of benzene rings is 1. The summed E-state index contributed by atoms with van der Waals surface area (Å²) in [6.07, 6.45) is 0.937. The number of rotatable bonds is 2. The van der Waals surface area contributed by atoms with Crippen molar-refractivity contribution >= 4 is 23.4 Å². The van der Waals surface area contributed by atoms with Crippen LogP contribution in [0.15, 0.2) is 24.3 Å². The van der Waals surface area contributed by atoms with Crippen molar-refractivity contribution in [1.82, 2.24) is 0 Å². The number of anilines is 1. The largest absolute Gasteiger partial charge is 0.306 e. The minimum atomic E-state index is -0.207. The Bertz CT molecular complexity index is 533. The maximum atomic E-state index is 12.4. The van der Waals surface area contributed by atoms with Gasteiger partial charge in [-0.1, -0.05) is 25.1 Å². The van der Waals surface area contributed by atoms with Crippen LogP contribution in [0.5, 0.6) is 0 Å². The Morgan fingerprint density at radius 2 is 2.21 bits per heavy atom. The van der Waals surface area contributed by atoms with E-state index in [1.807, 2.05) is 28.5 Å². The molecule has 1 atom stereocenters. The topological polar surface area (TPSA) is 44.1 Å². The number of amides is 1. The molecular weight excluding hydrogens is 256 g/mol. The molecule has 0 saturated carbocycles. The highest BCUT2D eigenvalue weighted by molar-refractivity contribution is 8.04. The molecule has 0 N–H and O–H groups in total. The zero-order chi connectivity index (χ0) is 14.0. The van der Waals surface area contributed by atoms with Gasteiger partial charge >= 0.3 is 0 Å². The number of hydrogen-bond acceptors (Lipinski definition) is 3. The molecule has 1 aliphatic rings. The predicted molar refractivity (Wildman–Crippen MR) is 79.1 cm³/mol. The average molecular weight is 274 g/mol. The van der Waals surface area contributed by atoms with Crippen LogP contribution in [-0.2, 0) is 4.79 Å². The van der Waals surface area contributed by atoms with Crippen LogP contribution in [-0.4, -0.2) is 17.2 Å². The predicted octanol–water partition coefficient (Wildman–Crippen LogP) is 3.52. The summed E-state index contributed by atoms with van der Waals surface area (Å²) in [6.45, 7) is 6.38. The standard InChI is InChI=1S/C15H18N2OS/c1-11-8-15(2,3)17(14(18)9-19-10-16)13-7-5-4-6-12(11)13/h4-7,11H,8-9H2,1-3H3/t11-/m1/s1. The number of nitriles is 1. The Balaban J connectivity index is 2.42. The van der Waals surface area contributed by atoms with Gasteiger partial charge in [0.15, 0.2) is 0 Å². The monoisotopic (exact) mass is 274 g/mol. The SMILES string of the molecule is C[C@@H]1CC(C)(C)N(C(=O)CSC#N)c2ccccc21. The number of thioether (sulfide) groups is 1. The van der Waals surface area contributed by atoms with Crippen LogP contribution < -0.4 is 4.90 Å². The quantitative estimate of drug-likeness (QED) is 0.775. The van der Waals surface area contributed by atoms with Crippen molar-refractivity contribution in [1.29, 1.82) is 5.26 Å². The Hall–Kier alpha value is -1.47. The molecule has 3 nitrogen and oxygen atoms in total. The molecule has 1 aliphatic heterocycles. The summed E-state index contributed by atoms with van der Waals surface area (Å²) in [6, 6.07) is 8.07. The molecule has 0 unspecified atom stereocenters.